The summed E-state index contributed by atoms with van der Waals surface area (Å²) in [5.41, 5.74) is -0.931. The molecular weight excluding hydrogens is 184 g/mol. The molecule has 0 aliphatic carbocycles. The summed E-state index contributed by atoms with van der Waals surface area (Å²) in [4.78, 5) is 18.9. The molecule has 0 aromatic carbocycles. The molecule has 5 heteroatoms. The predicted octanol–water partition coefficient (Wildman–Crippen LogP) is 0.401. The van der Waals surface area contributed by atoms with Gasteiger partial charge in [-0.25, -0.2) is 9.97 Å². The topological polar surface area (TPSA) is 72.3 Å². The van der Waals surface area contributed by atoms with Crippen molar-refractivity contribution < 1.29 is 14.6 Å². The predicted molar refractivity (Wildman–Crippen MR) is 48.5 cm³/mol. The number of aliphatic hydroxyl groups excluding tert-OH is 1. The number of carbonyl (C=O) groups excluding carboxylic acids is 1. The Balaban J connectivity index is 2.67. The lowest BCUT2D eigenvalue weighted by atomic mass is 9.95. The van der Waals surface area contributed by atoms with Crippen LogP contribution in [-0.4, -0.2) is 27.7 Å². The zero-order valence-electron chi connectivity index (χ0n) is 8.10. The molecule has 0 atom stereocenters. The van der Waals surface area contributed by atoms with Crippen LogP contribution in [0.3, 0.4) is 0 Å². The van der Waals surface area contributed by atoms with Gasteiger partial charge in [0.05, 0.1) is 12.0 Å². The highest BCUT2D eigenvalue weighted by molar-refractivity contribution is 5.77. The summed E-state index contributed by atoms with van der Waals surface area (Å²) in [6.07, 6.45) is 2.95. The fourth-order valence-corrected chi connectivity index (χ4v) is 0.624. The van der Waals surface area contributed by atoms with Gasteiger partial charge in [-0.3, -0.25) is 4.79 Å². The van der Waals surface area contributed by atoms with Crippen molar-refractivity contribution in [3.8, 4) is 6.01 Å². The Morgan fingerprint density at radius 2 is 2.07 bits per heavy atom. The second kappa shape index (κ2) is 4.15. The lowest BCUT2D eigenvalue weighted by Gasteiger charge is -2.17. The Morgan fingerprint density at radius 3 is 2.57 bits per heavy atom. The molecule has 1 N–H and O–H groups in total. The standard InChI is InChI=1S/C9H12N2O3/c1-9(2,6-12)7(13)14-8-10-4-3-5-11-8/h3-5,12H,6H2,1-2H3. The average Bonchev–Trinajstić information content (AvgIpc) is 2.19. The first-order chi connectivity index (χ1) is 6.56. The Kier molecular flexibility index (Phi) is 3.14. The molecule has 76 valence electrons. The number of carbonyl (C=O) groups is 1. The van der Waals surface area contributed by atoms with E-state index in [2.05, 4.69) is 9.97 Å². The molecule has 0 saturated heterocycles. The van der Waals surface area contributed by atoms with Gasteiger partial charge in [0, 0.05) is 12.4 Å². The molecule has 0 bridgehead atoms. The third-order valence-corrected chi connectivity index (χ3v) is 1.67. The molecular formula is C9H12N2O3. The summed E-state index contributed by atoms with van der Waals surface area (Å²) in [7, 11) is 0. The van der Waals surface area contributed by atoms with Crippen LogP contribution in [0.4, 0.5) is 0 Å². The van der Waals surface area contributed by atoms with E-state index in [0.29, 0.717) is 0 Å². The maximum atomic E-state index is 11.4. The quantitative estimate of drug-likeness (QED) is 0.708. The van der Waals surface area contributed by atoms with Crippen molar-refractivity contribution in [3.63, 3.8) is 0 Å². The maximum Gasteiger partial charge on any atom is 0.324 e. The number of ether oxygens (including phenoxy) is 1. The molecule has 0 spiro atoms. The highest BCUT2D eigenvalue weighted by atomic mass is 16.6. The maximum absolute atomic E-state index is 11.4. The molecule has 5 nitrogen and oxygen atoms in total. The van der Waals surface area contributed by atoms with E-state index in [1.54, 1.807) is 19.9 Å². The van der Waals surface area contributed by atoms with E-state index in [9.17, 15) is 4.79 Å². The monoisotopic (exact) mass is 196 g/mol. The van der Waals surface area contributed by atoms with Gasteiger partial charge in [0.1, 0.15) is 0 Å². The first-order valence-electron chi connectivity index (χ1n) is 4.16. The van der Waals surface area contributed by atoms with E-state index < -0.39 is 11.4 Å². The second-order valence-electron chi connectivity index (χ2n) is 3.46. The first kappa shape index (κ1) is 10.6. The van der Waals surface area contributed by atoms with Gasteiger partial charge < -0.3 is 9.84 Å². The molecule has 1 rings (SSSR count). The zero-order chi connectivity index (χ0) is 10.6. The minimum atomic E-state index is -0.931. The first-order valence-corrected chi connectivity index (χ1v) is 4.16. The number of aliphatic hydroxyl groups is 1. The molecule has 0 saturated carbocycles. The Morgan fingerprint density at radius 1 is 1.50 bits per heavy atom. The third kappa shape index (κ3) is 2.50. The van der Waals surface area contributed by atoms with Crippen molar-refractivity contribution >= 4 is 5.97 Å². The molecule has 1 aromatic rings. The van der Waals surface area contributed by atoms with Crippen LogP contribution in [0, 0.1) is 5.41 Å². The minimum Gasteiger partial charge on any atom is -0.395 e. The largest absolute Gasteiger partial charge is 0.395 e. The van der Waals surface area contributed by atoms with Gasteiger partial charge in [0.2, 0.25) is 0 Å². The minimum absolute atomic E-state index is 0.000903. The smallest absolute Gasteiger partial charge is 0.324 e. The normalized spacial score (nSPS) is 11.1. The fourth-order valence-electron chi connectivity index (χ4n) is 0.624. The van der Waals surface area contributed by atoms with Crippen molar-refractivity contribution in [1.29, 1.82) is 0 Å². The van der Waals surface area contributed by atoms with Gasteiger partial charge in [-0.2, -0.15) is 0 Å². The number of hydrogen-bond acceptors (Lipinski definition) is 5. The van der Waals surface area contributed by atoms with Gasteiger partial charge in [-0.1, -0.05) is 0 Å². The van der Waals surface area contributed by atoms with Gasteiger partial charge in [0.15, 0.2) is 0 Å². The van der Waals surface area contributed by atoms with Gasteiger partial charge in [-0.15, -0.1) is 0 Å². The fraction of sp³-hybridized carbons (Fsp3) is 0.444. The van der Waals surface area contributed by atoms with Crippen LogP contribution in [-0.2, 0) is 4.79 Å². The zero-order valence-corrected chi connectivity index (χ0v) is 8.10. The Labute approximate surface area is 81.8 Å². The van der Waals surface area contributed by atoms with Crippen LogP contribution in [0.1, 0.15) is 13.8 Å². The molecule has 14 heavy (non-hydrogen) atoms. The second-order valence-corrected chi connectivity index (χ2v) is 3.46. The number of nitrogens with zero attached hydrogens (tertiary/aromatic N) is 2. The van der Waals surface area contributed by atoms with E-state index in [4.69, 9.17) is 9.84 Å². The molecule has 0 unspecified atom stereocenters. The lowest BCUT2D eigenvalue weighted by Crippen LogP contribution is -2.32. The van der Waals surface area contributed by atoms with E-state index in [0.717, 1.165) is 0 Å². The summed E-state index contributed by atoms with van der Waals surface area (Å²) in [5, 5.41) is 8.90. The highest BCUT2D eigenvalue weighted by Gasteiger charge is 2.29. The molecule has 0 aliphatic rings. The summed E-state index contributed by atoms with van der Waals surface area (Å²) in [5.74, 6) is -0.550. The van der Waals surface area contributed by atoms with Crippen LogP contribution in [0.2, 0.25) is 0 Å². The SMILES string of the molecule is CC(C)(CO)C(=O)Oc1ncccn1. The van der Waals surface area contributed by atoms with Crippen LogP contribution >= 0.6 is 0 Å². The van der Waals surface area contributed by atoms with Crippen molar-refractivity contribution in [2.45, 2.75) is 13.8 Å². The van der Waals surface area contributed by atoms with Crippen LogP contribution < -0.4 is 4.74 Å². The summed E-state index contributed by atoms with van der Waals surface area (Å²) in [6, 6.07) is 1.62. The van der Waals surface area contributed by atoms with Crippen molar-refractivity contribution in [1.82, 2.24) is 9.97 Å². The van der Waals surface area contributed by atoms with Crippen LogP contribution in [0.5, 0.6) is 6.01 Å². The van der Waals surface area contributed by atoms with Gasteiger partial charge in [-0.05, 0) is 19.9 Å². The van der Waals surface area contributed by atoms with E-state index in [1.165, 1.54) is 12.4 Å². The van der Waals surface area contributed by atoms with E-state index in [1.807, 2.05) is 0 Å². The number of rotatable bonds is 3. The van der Waals surface area contributed by atoms with Crippen LogP contribution in [0.25, 0.3) is 0 Å². The number of esters is 1. The van der Waals surface area contributed by atoms with Gasteiger partial charge in [0.25, 0.3) is 0 Å². The molecule has 0 amide bonds. The summed E-state index contributed by atoms with van der Waals surface area (Å²) < 4.78 is 4.85. The van der Waals surface area contributed by atoms with E-state index >= 15 is 0 Å². The summed E-state index contributed by atoms with van der Waals surface area (Å²) in [6.45, 7) is 2.88. The molecule has 1 aromatic heterocycles. The average molecular weight is 196 g/mol. The molecule has 0 aliphatic heterocycles. The lowest BCUT2D eigenvalue weighted by molar-refractivity contribution is -0.146. The van der Waals surface area contributed by atoms with Crippen molar-refractivity contribution in [2.24, 2.45) is 5.41 Å². The number of aromatic nitrogens is 2. The van der Waals surface area contributed by atoms with E-state index in [-0.39, 0.29) is 12.6 Å². The molecule has 1 heterocycles. The van der Waals surface area contributed by atoms with Gasteiger partial charge >= 0.3 is 12.0 Å². The van der Waals surface area contributed by atoms with Crippen molar-refractivity contribution in [3.05, 3.63) is 18.5 Å². The van der Waals surface area contributed by atoms with Crippen molar-refractivity contribution in [2.75, 3.05) is 6.61 Å². The molecule has 0 fully saturated rings. The number of hydrogen-bond donors (Lipinski definition) is 1. The molecule has 0 radical (unpaired) electrons. The highest BCUT2D eigenvalue weighted by Crippen LogP contribution is 2.16. The third-order valence-electron chi connectivity index (χ3n) is 1.67. The Hall–Kier alpha value is -1.49. The summed E-state index contributed by atoms with van der Waals surface area (Å²) >= 11 is 0. The Bertz CT molecular complexity index is 311. The van der Waals surface area contributed by atoms with Crippen LogP contribution in [0.15, 0.2) is 18.5 Å².